The molecule has 0 bridgehead atoms. The van der Waals surface area contributed by atoms with Crippen molar-refractivity contribution in [2.45, 2.75) is 38.2 Å². The van der Waals surface area contributed by atoms with Crippen LogP contribution in [0.25, 0.3) is 0 Å². The number of alkyl halides is 3. The number of aromatic nitrogens is 2. The lowest BCUT2D eigenvalue weighted by Gasteiger charge is -2.10. The fraction of sp³-hybridized carbons (Fsp3) is 0.353. The number of hydrogen-bond acceptors (Lipinski definition) is 4. The minimum absolute atomic E-state index is 0.113. The summed E-state index contributed by atoms with van der Waals surface area (Å²) in [5, 5.41) is 6.80. The number of nitrogens with zero attached hydrogens (tertiary/aromatic N) is 2. The minimum atomic E-state index is -4.75. The maximum absolute atomic E-state index is 12.1. The maximum atomic E-state index is 12.1. The number of rotatable bonds is 6. The SMILES string of the molecule is O=C(Cn1nc(C2CC2)ccc1=O)NCc1ccc(OC(F)(F)F)cc1. The number of benzene rings is 1. The van der Waals surface area contributed by atoms with Crippen LogP contribution in [0.1, 0.15) is 30.0 Å². The first-order valence-corrected chi connectivity index (χ1v) is 7.99. The van der Waals surface area contributed by atoms with E-state index in [0.29, 0.717) is 11.5 Å². The summed E-state index contributed by atoms with van der Waals surface area (Å²) < 4.78 is 41.2. The molecule has 1 aliphatic carbocycles. The zero-order valence-corrected chi connectivity index (χ0v) is 13.6. The van der Waals surface area contributed by atoms with E-state index in [1.807, 2.05) is 0 Å². The van der Waals surface area contributed by atoms with E-state index >= 15 is 0 Å². The minimum Gasteiger partial charge on any atom is -0.406 e. The van der Waals surface area contributed by atoms with Gasteiger partial charge in [0.15, 0.2) is 0 Å². The van der Waals surface area contributed by atoms with E-state index in [1.54, 1.807) is 6.07 Å². The van der Waals surface area contributed by atoms with Gasteiger partial charge >= 0.3 is 6.36 Å². The average Bonchev–Trinajstić information content (AvgIpc) is 3.40. The van der Waals surface area contributed by atoms with Gasteiger partial charge in [0.1, 0.15) is 12.3 Å². The monoisotopic (exact) mass is 367 g/mol. The average molecular weight is 367 g/mol. The number of nitrogens with one attached hydrogen (secondary N) is 1. The summed E-state index contributed by atoms with van der Waals surface area (Å²) >= 11 is 0. The van der Waals surface area contributed by atoms with E-state index in [-0.39, 0.29) is 24.4 Å². The zero-order chi connectivity index (χ0) is 18.7. The van der Waals surface area contributed by atoms with Crippen LogP contribution in [0.3, 0.4) is 0 Å². The van der Waals surface area contributed by atoms with Gasteiger partial charge in [-0.15, -0.1) is 13.2 Å². The van der Waals surface area contributed by atoms with E-state index in [4.69, 9.17) is 0 Å². The zero-order valence-electron chi connectivity index (χ0n) is 13.6. The maximum Gasteiger partial charge on any atom is 0.573 e. The highest BCUT2D eigenvalue weighted by molar-refractivity contribution is 5.75. The predicted octanol–water partition coefficient (Wildman–Crippen LogP) is 2.34. The lowest BCUT2D eigenvalue weighted by molar-refractivity contribution is -0.274. The first kappa shape index (κ1) is 18.0. The summed E-state index contributed by atoms with van der Waals surface area (Å²) in [6.07, 6.45) is -2.68. The van der Waals surface area contributed by atoms with Crippen LogP contribution in [-0.2, 0) is 17.9 Å². The lowest BCUT2D eigenvalue weighted by atomic mass is 10.2. The summed E-state index contributed by atoms with van der Waals surface area (Å²) in [6.45, 7) is -0.100. The molecule has 26 heavy (non-hydrogen) atoms. The Morgan fingerprint density at radius 2 is 1.88 bits per heavy atom. The summed E-state index contributed by atoms with van der Waals surface area (Å²) in [4.78, 5) is 23.8. The van der Waals surface area contributed by atoms with Gasteiger partial charge in [-0.1, -0.05) is 12.1 Å². The van der Waals surface area contributed by atoms with Gasteiger partial charge in [0.2, 0.25) is 5.91 Å². The molecule has 9 heteroatoms. The third-order valence-corrected chi connectivity index (χ3v) is 3.82. The topological polar surface area (TPSA) is 73.2 Å². The van der Waals surface area contributed by atoms with Crippen molar-refractivity contribution in [1.82, 2.24) is 15.1 Å². The second-order valence-corrected chi connectivity index (χ2v) is 6.00. The number of carbonyl (C=O) groups excluding carboxylic acids is 1. The number of halogens is 3. The van der Waals surface area contributed by atoms with Crippen molar-refractivity contribution in [1.29, 1.82) is 0 Å². The van der Waals surface area contributed by atoms with E-state index in [0.717, 1.165) is 23.2 Å². The third kappa shape index (κ3) is 5.08. The van der Waals surface area contributed by atoms with Crippen molar-refractivity contribution in [2.24, 2.45) is 0 Å². The van der Waals surface area contributed by atoms with Gasteiger partial charge in [0.05, 0.1) is 5.69 Å². The molecule has 1 heterocycles. The largest absolute Gasteiger partial charge is 0.573 e. The van der Waals surface area contributed by atoms with Crippen LogP contribution in [0.2, 0.25) is 0 Å². The van der Waals surface area contributed by atoms with Crippen molar-refractivity contribution in [3.05, 3.63) is 58.0 Å². The van der Waals surface area contributed by atoms with E-state index in [2.05, 4.69) is 15.2 Å². The predicted molar refractivity (Wildman–Crippen MR) is 85.4 cm³/mol. The van der Waals surface area contributed by atoms with E-state index in [9.17, 15) is 22.8 Å². The second-order valence-electron chi connectivity index (χ2n) is 6.00. The molecular weight excluding hydrogens is 351 g/mol. The normalized spacial score (nSPS) is 14.1. The molecule has 0 unspecified atom stereocenters. The van der Waals surface area contributed by atoms with Crippen LogP contribution in [0, 0.1) is 0 Å². The Hall–Kier alpha value is -2.84. The molecule has 1 aromatic heterocycles. The molecule has 2 aromatic rings. The van der Waals surface area contributed by atoms with Crippen LogP contribution in [0.4, 0.5) is 13.2 Å². The number of carbonyl (C=O) groups is 1. The summed E-state index contributed by atoms with van der Waals surface area (Å²) in [7, 11) is 0. The van der Waals surface area contributed by atoms with Gasteiger partial charge in [-0.05, 0) is 36.6 Å². The number of amides is 1. The Morgan fingerprint density at radius 1 is 1.19 bits per heavy atom. The van der Waals surface area contributed by atoms with Gasteiger partial charge in [-0.3, -0.25) is 9.59 Å². The number of hydrogen-bond donors (Lipinski definition) is 1. The van der Waals surface area contributed by atoms with Crippen molar-refractivity contribution >= 4 is 5.91 Å². The Bertz CT molecular complexity index is 843. The molecule has 6 nitrogen and oxygen atoms in total. The number of ether oxygens (including phenoxy) is 1. The highest BCUT2D eigenvalue weighted by atomic mass is 19.4. The molecule has 1 aromatic carbocycles. The molecule has 1 N–H and O–H groups in total. The first-order valence-electron chi connectivity index (χ1n) is 7.99. The van der Waals surface area contributed by atoms with Gasteiger partial charge in [-0.25, -0.2) is 4.68 Å². The lowest BCUT2D eigenvalue weighted by Crippen LogP contribution is -2.33. The summed E-state index contributed by atoms with van der Waals surface area (Å²) in [5.74, 6) is -0.384. The van der Waals surface area contributed by atoms with Crippen LogP contribution >= 0.6 is 0 Å². The Morgan fingerprint density at radius 3 is 2.50 bits per heavy atom. The molecule has 0 atom stereocenters. The highest BCUT2D eigenvalue weighted by Gasteiger charge is 2.31. The first-order chi connectivity index (χ1) is 12.3. The Balaban J connectivity index is 1.54. The van der Waals surface area contributed by atoms with Crippen molar-refractivity contribution in [3.8, 4) is 5.75 Å². The van der Waals surface area contributed by atoms with E-state index in [1.165, 1.54) is 30.3 Å². The smallest absolute Gasteiger partial charge is 0.406 e. The van der Waals surface area contributed by atoms with E-state index < -0.39 is 12.3 Å². The molecule has 0 spiro atoms. The quantitative estimate of drug-likeness (QED) is 0.851. The third-order valence-electron chi connectivity index (χ3n) is 3.82. The van der Waals surface area contributed by atoms with Gasteiger partial charge in [-0.2, -0.15) is 5.10 Å². The van der Waals surface area contributed by atoms with Gasteiger partial charge in [0, 0.05) is 18.5 Å². The molecule has 1 amide bonds. The molecule has 1 saturated carbocycles. The van der Waals surface area contributed by atoms with Crippen LogP contribution in [0.15, 0.2) is 41.2 Å². The van der Waals surface area contributed by atoms with Crippen molar-refractivity contribution in [2.75, 3.05) is 0 Å². The molecule has 0 aliphatic heterocycles. The second kappa shape index (κ2) is 7.19. The molecule has 3 rings (SSSR count). The fourth-order valence-electron chi connectivity index (χ4n) is 2.38. The van der Waals surface area contributed by atoms with Crippen molar-refractivity contribution in [3.63, 3.8) is 0 Å². The molecule has 1 aliphatic rings. The van der Waals surface area contributed by atoms with Gasteiger partial charge < -0.3 is 10.1 Å². The van der Waals surface area contributed by atoms with Gasteiger partial charge in [0.25, 0.3) is 5.56 Å². The fourth-order valence-corrected chi connectivity index (χ4v) is 2.38. The van der Waals surface area contributed by atoms with Crippen LogP contribution in [-0.4, -0.2) is 22.1 Å². The summed E-state index contributed by atoms with van der Waals surface area (Å²) in [5.41, 5.74) is 1.04. The Kier molecular flexibility index (Phi) is 4.97. The molecule has 0 radical (unpaired) electrons. The Labute approximate surface area is 146 Å². The highest BCUT2D eigenvalue weighted by Crippen LogP contribution is 2.38. The molecule has 138 valence electrons. The van der Waals surface area contributed by atoms with Crippen molar-refractivity contribution < 1.29 is 22.7 Å². The van der Waals surface area contributed by atoms with Crippen LogP contribution in [0.5, 0.6) is 5.75 Å². The molecular formula is C17H16F3N3O3. The van der Waals surface area contributed by atoms with Crippen LogP contribution < -0.4 is 15.6 Å². The molecule has 1 fully saturated rings. The summed E-state index contributed by atoms with van der Waals surface area (Å²) in [6, 6.07) is 8.24. The standard InChI is InChI=1S/C17H16F3N3O3/c18-17(19,20)26-13-5-1-11(2-6-13)9-21-15(24)10-23-16(25)8-7-14(22-23)12-3-4-12/h1-2,5-8,12H,3-4,9-10H2,(H,21,24). The molecule has 0 saturated heterocycles.